The average Bonchev–Trinajstić information content (AvgIpc) is 3.04. The van der Waals surface area contributed by atoms with E-state index in [1.807, 2.05) is 0 Å². The number of ether oxygens (including phenoxy) is 10. The third kappa shape index (κ3) is 12.3. The summed E-state index contributed by atoms with van der Waals surface area (Å²) in [6.07, 6.45) is -16.8. The van der Waals surface area contributed by atoms with Gasteiger partial charge >= 0.3 is 41.8 Å². The molecule has 1 aromatic rings. The highest BCUT2D eigenvalue weighted by Crippen LogP contribution is 2.35. The molecule has 19 nitrogen and oxygen atoms in total. The van der Waals surface area contributed by atoms with Gasteiger partial charge in [0.15, 0.2) is 43.0 Å². The SMILES string of the molecule is CC(=O)OC[C@H]1O[C@@H](NC(=O)c2ccc(F)c(Cl)c2)[C@H](OC(C)=O)[C@@H](OC(C)=O)[C@@H]1O[C@@H]1O[C@H](COC(C)=O)[C@@H](OC(C)=O)[C@H](OC(C)=O)[C@H]1OC(C)=O. The normalized spacial score (nSPS) is 27.6. The van der Waals surface area contributed by atoms with E-state index in [4.69, 9.17) is 59.0 Å². The highest BCUT2D eigenvalue weighted by atomic mass is 35.5. The van der Waals surface area contributed by atoms with Gasteiger partial charge in [-0.1, -0.05) is 11.6 Å². The van der Waals surface area contributed by atoms with Crippen LogP contribution in [0.3, 0.4) is 0 Å². The van der Waals surface area contributed by atoms with Gasteiger partial charge in [0.25, 0.3) is 5.91 Å². The highest BCUT2D eigenvalue weighted by molar-refractivity contribution is 6.31. The molecule has 1 aromatic carbocycles. The molecule has 2 aliphatic rings. The van der Waals surface area contributed by atoms with Crippen LogP contribution in [0.2, 0.25) is 5.02 Å². The number of benzene rings is 1. The molecule has 2 aliphatic heterocycles. The fraction of sp³-hybridized carbons (Fsp3) is 0.576. The Kier molecular flexibility index (Phi) is 15.6. The molecule has 2 fully saturated rings. The molecule has 0 spiro atoms. The molecule has 1 N–H and O–H groups in total. The molecule has 1 amide bonds. The second-order valence-corrected chi connectivity index (χ2v) is 12.2. The zero-order valence-corrected chi connectivity index (χ0v) is 30.8. The summed E-state index contributed by atoms with van der Waals surface area (Å²) in [5.41, 5.74) is -0.164. The van der Waals surface area contributed by atoms with E-state index in [1.54, 1.807) is 0 Å². The van der Waals surface area contributed by atoms with Crippen LogP contribution in [0.25, 0.3) is 0 Å². The van der Waals surface area contributed by atoms with Crippen molar-refractivity contribution in [3.05, 3.63) is 34.6 Å². The minimum atomic E-state index is -1.89. The lowest BCUT2D eigenvalue weighted by Gasteiger charge is -2.48. The van der Waals surface area contributed by atoms with Crippen molar-refractivity contribution >= 4 is 59.3 Å². The standard InChI is InChI=1S/C33H39ClFNO18/c1-13(37)45-11-23-26(27(48-16(4)40)29(50-18(6)42)32(52-23)36-31(44)20-8-9-22(35)21(34)10-20)54-33-30(51-19(7)43)28(49-17(5)41)25(47-15(3)39)24(53-33)12-46-14(2)38/h8-10,23-30,32-33H,11-12H2,1-7H3,(H,36,44)/t23-,24-,25-,26-,27+,28+,29-,30-,32-,33+/m1/s1. The third-order valence-corrected chi connectivity index (χ3v) is 7.67. The van der Waals surface area contributed by atoms with Crippen LogP contribution in [-0.2, 0) is 80.9 Å². The Morgan fingerprint density at radius 3 is 1.54 bits per heavy atom. The first-order valence-corrected chi connectivity index (χ1v) is 16.5. The molecule has 0 saturated carbocycles. The molecule has 21 heteroatoms. The lowest BCUT2D eigenvalue weighted by molar-refractivity contribution is -0.345. The maximum atomic E-state index is 13.8. The summed E-state index contributed by atoms with van der Waals surface area (Å²) < 4.78 is 69.7. The van der Waals surface area contributed by atoms with E-state index in [-0.39, 0.29) is 5.56 Å². The molecule has 0 aromatic heterocycles. The van der Waals surface area contributed by atoms with E-state index in [2.05, 4.69) is 5.32 Å². The number of carbonyl (C=O) groups excluding carboxylic acids is 8. The fourth-order valence-corrected chi connectivity index (χ4v) is 5.66. The van der Waals surface area contributed by atoms with Crippen molar-refractivity contribution in [3.8, 4) is 0 Å². The molecule has 0 aliphatic carbocycles. The van der Waals surface area contributed by atoms with Crippen molar-refractivity contribution in [2.45, 2.75) is 110 Å². The van der Waals surface area contributed by atoms with Crippen LogP contribution >= 0.6 is 11.6 Å². The summed E-state index contributed by atoms with van der Waals surface area (Å²) in [7, 11) is 0. The summed E-state index contributed by atoms with van der Waals surface area (Å²) in [6, 6.07) is 3.02. The van der Waals surface area contributed by atoms with Gasteiger partial charge in [0.2, 0.25) is 0 Å². The number of halogens is 2. The van der Waals surface area contributed by atoms with Crippen molar-refractivity contribution < 1.29 is 90.1 Å². The second kappa shape index (κ2) is 19.4. The van der Waals surface area contributed by atoms with Crippen LogP contribution < -0.4 is 5.32 Å². The number of hydrogen-bond acceptors (Lipinski definition) is 18. The maximum Gasteiger partial charge on any atom is 0.303 e. The van der Waals surface area contributed by atoms with Gasteiger partial charge < -0.3 is 52.7 Å². The van der Waals surface area contributed by atoms with Crippen LogP contribution in [0.5, 0.6) is 0 Å². The van der Waals surface area contributed by atoms with E-state index in [1.165, 1.54) is 0 Å². The number of rotatable bonds is 13. The number of nitrogens with one attached hydrogen (secondary N) is 1. The van der Waals surface area contributed by atoms with E-state index >= 15 is 0 Å². The van der Waals surface area contributed by atoms with Crippen LogP contribution in [0.4, 0.5) is 4.39 Å². The van der Waals surface area contributed by atoms with Crippen LogP contribution in [0.15, 0.2) is 18.2 Å². The summed E-state index contributed by atoms with van der Waals surface area (Å²) in [5.74, 6) is -8.10. The van der Waals surface area contributed by atoms with Crippen molar-refractivity contribution in [1.29, 1.82) is 0 Å². The van der Waals surface area contributed by atoms with Gasteiger partial charge in [0, 0.05) is 54.0 Å². The molecule has 2 heterocycles. The Balaban J connectivity index is 2.17. The van der Waals surface area contributed by atoms with Gasteiger partial charge in [0.05, 0.1) is 5.02 Å². The van der Waals surface area contributed by atoms with Crippen LogP contribution in [-0.4, -0.2) is 122 Å². The van der Waals surface area contributed by atoms with Gasteiger partial charge in [-0.3, -0.25) is 38.4 Å². The molecule has 298 valence electrons. The molecule has 0 unspecified atom stereocenters. The minimum absolute atomic E-state index is 0.164. The average molecular weight is 792 g/mol. The largest absolute Gasteiger partial charge is 0.463 e. The van der Waals surface area contributed by atoms with E-state index in [9.17, 15) is 42.7 Å². The Labute approximate surface area is 312 Å². The highest BCUT2D eigenvalue weighted by Gasteiger charge is 2.57. The Morgan fingerprint density at radius 1 is 0.611 bits per heavy atom. The maximum absolute atomic E-state index is 13.8. The molecule has 0 bridgehead atoms. The van der Waals surface area contributed by atoms with Crippen molar-refractivity contribution in [1.82, 2.24) is 5.32 Å². The molecule has 0 radical (unpaired) electrons. The van der Waals surface area contributed by atoms with E-state index in [0.717, 1.165) is 66.7 Å². The number of carbonyl (C=O) groups is 8. The summed E-state index contributed by atoms with van der Waals surface area (Å²) in [5, 5.41) is 2.05. The minimum Gasteiger partial charge on any atom is -0.463 e. The monoisotopic (exact) mass is 791 g/mol. The van der Waals surface area contributed by atoms with E-state index in [0.29, 0.717) is 0 Å². The quantitative estimate of drug-likeness (QED) is 0.215. The second-order valence-electron chi connectivity index (χ2n) is 11.8. The van der Waals surface area contributed by atoms with Gasteiger partial charge in [-0.05, 0) is 18.2 Å². The Bertz CT molecular complexity index is 1610. The molecular weight excluding hydrogens is 753 g/mol. The van der Waals surface area contributed by atoms with Gasteiger partial charge in [-0.2, -0.15) is 0 Å². The molecule has 54 heavy (non-hydrogen) atoms. The summed E-state index contributed by atoms with van der Waals surface area (Å²) in [6.45, 7) is 5.81. The first-order chi connectivity index (χ1) is 25.3. The number of esters is 7. The zero-order valence-electron chi connectivity index (χ0n) is 30.0. The van der Waals surface area contributed by atoms with Gasteiger partial charge in [-0.15, -0.1) is 0 Å². The number of hydrogen-bond donors (Lipinski definition) is 1. The molecule has 2 saturated heterocycles. The van der Waals surface area contributed by atoms with Crippen molar-refractivity contribution in [2.24, 2.45) is 0 Å². The zero-order chi connectivity index (χ0) is 40.4. The topological polar surface area (TPSA) is 241 Å². The first kappa shape index (κ1) is 43.5. The van der Waals surface area contributed by atoms with Crippen LogP contribution in [0.1, 0.15) is 58.8 Å². The third-order valence-electron chi connectivity index (χ3n) is 7.38. The Morgan fingerprint density at radius 2 is 1.06 bits per heavy atom. The molecular formula is C33H39ClFNO18. The Hall–Kier alpha value is -4.92. The number of amides is 1. The molecule has 10 atom stereocenters. The predicted molar refractivity (Wildman–Crippen MR) is 172 cm³/mol. The van der Waals surface area contributed by atoms with Gasteiger partial charge in [-0.25, -0.2) is 4.39 Å². The summed E-state index contributed by atoms with van der Waals surface area (Å²) in [4.78, 5) is 98.9. The molecule has 3 rings (SSSR count). The predicted octanol–water partition coefficient (Wildman–Crippen LogP) is 0.829. The van der Waals surface area contributed by atoms with E-state index < -0.39 is 133 Å². The smallest absolute Gasteiger partial charge is 0.303 e. The lowest BCUT2D eigenvalue weighted by atomic mass is 9.95. The van der Waals surface area contributed by atoms with Crippen molar-refractivity contribution in [3.63, 3.8) is 0 Å². The fourth-order valence-electron chi connectivity index (χ4n) is 5.48. The lowest BCUT2D eigenvalue weighted by Crippen LogP contribution is -2.68. The van der Waals surface area contributed by atoms with Crippen LogP contribution in [0, 0.1) is 5.82 Å². The first-order valence-electron chi connectivity index (χ1n) is 16.1. The van der Waals surface area contributed by atoms with Crippen molar-refractivity contribution in [2.75, 3.05) is 13.2 Å². The van der Waals surface area contributed by atoms with Gasteiger partial charge in [0.1, 0.15) is 37.3 Å². The summed E-state index contributed by atoms with van der Waals surface area (Å²) >= 11 is 5.85.